The summed E-state index contributed by atoms with van der Waals surface area (Å²) in [6.45, 7) is 6.74. The number of piperazine rings is 1. The largest absolute Gasteiger partial charge is 0.495 e. The number of alkyl halides is 2. The number of nitrogens with one attached hydrogen (secondary N) is 4. The molecule has 3 aromatic rings. The van der Waals surface area contributed by atoms with Gasteiger partial charge in [0.2, 0.25) is 17.8 Å². The first kappa shape index (κ1) is 44.2. The quantitative estimate of drug-likeness (QED) is 0.151. The molecule has 3 saturated heterocycles. The number of hydrogen-bond donors (Lipinski definition) is 4. The molecule has 16 nitrogen and oxygen atoms in total. The standard InChI is InChI=1S/C41H50F5N11O5/c1-23(2)57-22-41(45,46)39(61)53(3)33-21-47-40(51-36(33)57)49-31-18-26(42)25(17-34(31)62-4)37(59)52-56-11-8-24(9-12-56)7-10-54-13-15-55(16-14-54)32-20-27(43)30(19-28(32)44)48-29-5-6-35(58)50-38(29)60/h17-21,23-24,29,48H,5-16,22H2,1-4H3,(H,52,59)(H,47,49,51)(H,50,58,60). The molecule has 334 valence electrons. The van der Waals surface area contributed by atoms with Gasteiger partial charge >= 0.3 is 5.92 Å². The monoisotopic (exact) mass is 871 g/mol. The molecule has 1 unspecified atom stereocenters. The summed E-state index contributed by atoms with van der Waals surface area (Å²) < 4.78 is 80.7. The maximum absolute atomic E-state index is 15.5. The summed E-state index contributed by atoms with van der Waals surface area (Å²) in [5, 5.41) is 9.52. The molecule has 0 radical (unpaired) electrons. The molecule has 0 saturated carbocycles. The minimum atomic E-state index is -3.67. The summed E-state index contributed by atoms with van der Waals surface area (Å²) in [6.07, 6.45) is 4.05. The van der Waals surface area contributed by atoms with E-state index in [1.54, 1.807) is 23.8 Å². The summed E-state index contributed by atoms with van der Waals surface area (Å²) in [6, 6.07) is 3.21. The average Bonchev–Trinajstić information content (AvgIpc) is 3.31. The normalized spacial score (nSPS) is 20.2. The lowest BCUT2D eigenvalue weighted by Crippen LogP contribution is -2.48. The minimum Gasteiger partial charge on any atom is -0.495 e. The number of piperidine rings is 2. The molecular formula is C41H50F5N11O5. The number of anilines is 6. The van der Waals surface area contributed by atoms with Crippen LogP contribution in [0.15, 0.2) is 30.5 Å². The molecular weight excluding hydrogens is 822 g/mol. The Morgan fingerprint density at radius 3 is 2.32 bits per heavy atom. The second-order valence-corrected chi connectivity index (χ2v) is 16.3. The maximum Gasteiger partial charge on any atom is 0.342 e. The Labute approximate surface area is 355 Å². The fourth-order valence-electron chi connectivity index (χ4n) is 8.15. The van der Waals surface area contributed by atoms with Gasteiger partial charge in [-0.2, -0.15) is 13.8 Å². The maximum atomic E-state index is 15.5. The number of hydrogen-bond acceptors (Lipinski definition) is 13. The number of carbonyl (C=O) groups excluding carboxylic acids is 4. The van der Waals surface area contributed by atoms with Crippen LogP contribution in [-0.2, 0) is 14.4 Å². The average molecular weight is 872 g/mol. The van der Waals surface area contributed by atoms with Gasteiger partial charge in [0.05, 0.1) is 42.5 Å². The van der Waals surface area contributed by atoms with Crippen molar-refractivity contribution >= 4 is 58.1 Å². The van der Waals surface area contributed by atoms with Crippen molar-refractivity contribution in [2.24, 2.45) is 5.92 Å². The molecule has 3 fully saturated rings. The van der Waals surface area contributed by atoms with Gasteiger partial charge in [0.1, 0.15) is 34.9 Å². The van der Waals surface area contributed by atoms with Gasteiger partial charge in [-0.15, -0.1) is 0 Å². The van der Waals surface area contributed by atoms with Gasteiger partial charge in [-0.05, 0) is 58.1 Å². The van der Waals surface area contributed by atoms with Crippen LogP contribution in [0.25, 0.3) is 0 Å². The lowest BCUT2D eigenvalue weighted by atomic mass is 9.94. The Balaban J connectivity index is 0.879. The van der Waals surface area contributed by atoms with Crippen molar-refractivity contribution < 1.29 is 45.9 Å². The molecule has 4 amide bonds. The molecule has 0 bridgehead atoms. The number of halogens is 5. The van der Waals surface area contributed by atoms with E-state index in [2.05, 4.69) is 36.2 Å². The lowest BCUT2D eigenvalue weighted by molar-refractivity contribution is -0.140. The fourth-order valence-corrected chi connectivity index (χ4v) is 8.15. The number of carbonyl (C=O) groups is 4. The van der Waals surface area contributed by atoms with Crippen LogP contribution < -0.4 is 40.8 Å². The number of benzene rings is 2. The van der Waals surface area contributed by atoms with Crippen molar-refractivity contribution in [3.63, 3.8) is 0 Å². The summed E-state index contributed by atoms with van der Waals surface area (Å²) >= 11 is 0. The summed E-state index contributed by atoms with van der Waals surface area (Å²) in [7, 11) is 2.57. The SMILES string of the molecule is COc1cc(C(=O)NN2CCC(CCN3CCN(c4cc(F)c(NC5CCC(=O)NC5=O)cc4F)CC3)CC2)c(F)cc1Nc1ncc2c(n1)N(C(C)C)CC(F)(F)C(=O)N2C. The number of amides is 4. The minimum absolute atomic E-state index is 0.0715. The lowest BCUT2D eigenvalue weighted by Gasteiger charge is -2.38. The van der Waals surface area contributed by atoms with E-state index in [0.717, 1.165) is 48.9 Å². The predicted octanol–water partition coefficient (Wildman–Crippen LogP) is 4.26. The highest BCUT2D eigenvalue weighted by molar-refractivity contribution is 6.02. The Kier molecular flexibility index (Phi) is 13.0. The molecule has 7 rings (SSSR count). The van der Waals surface area contributed by atoms with Gasteiger partial charge < -0.3 is 30.1 Å². The molecule has 21 heteroatoms. The molecule has 2 aromatic carbocycles. The first-order valence-corrected chi connectivity index (χ1v) is 20.6. The molecule has 62 heavy (non-hydrogen) atoms. The number of aromatic nitrogens is 2. The summed E-state index contributed by atoms with van der Waals surface area (Å²) in [4.78, 5) is 64.1. The number of methoxy groups -OCH3 is 1. The van der Waals surface area contributed by atoms with Crippen molar-refractivity contribution in [1.82, 2.24) is 30.6 Å². The molecule has 5 heterocycles. The van der Waals surface area contributed by atoms with Gasteiger partial charge in [0.15, 0.2) is 5.82 Å². The third-order valence-electron chi connectivity index (χ3n) is 11.8. The van der Waals surface area contributed by atoms with Crippen molar-refractivity contribution in [3.8, 4) is 5.75 Å². The van der Waals surface area contributed by atoms with E-state index in [1.165, 1.54) is 31.3 Å². The molecule has 0 aliphatic carbocycles. The van der Waals surface area contributed by atoms with Crippen LogP contribution in [0.5, 0.6) is 5.75 Å². The van der Waals surface area contributed by atoms with E-state index in [9.17, 15) is 28.0 Å². The van der Waals surface area contributed by atoms with Crippen LogP contribution in [0.4, 0.5) is 56.5 Å². The smallest absolute Gasteiger partial charge is 0.342 e. The molecule has 1 aromatic heterocycles. The Morgan fingerprint density at radius 2 is 1.65 bits per heavy atom. The van der Waals surface area contributed by atoms with Gasteiger partial charge in [0.25, 0.3) is 11.8 Å². The number of ether oxygens (including phenoxy) is 1. The molecule has 4 aliphatic heterocycles. The number of hydrazine groups is 1. The Hall–Kier alpha value is -5.83. The zero-order chi connectivity index (χ0) is 44.5. The first-order chi connectivity index (χ1) is 29.5. The zero-order valence-electron chi connectivity index (χ0n) is 34.9. The van der Waals surface area contributed by atoms with E-state index in [0.29, 0.717) is 45.2 Å². The second kappa shape index (κ2) is 18.3. The third kappa shape index (κ3) is 9.62. The molecule has 4 aliphatic rings. The van der Waals surface area contributed by atoms with Crippen molar-refractivity contribution in [2.45, 2.75) is 64.0 Å². The Morgan fingerprint density at radius 1 is 0.935 bits per heavy atom. The van der Waals surface area contributed by atoms with E-state index in [4.69, 9.17) is 4.74 Å². The van der Waals surface area contributed by atoms with Gasteiger partial charge in [0, 0.05) is 77.0 Å². The zero-order valence-corrected chi connectivity index (χ0v) is 34.9. The number of imide groups is 1. The highest BCUT2D eigenvalue weighted by Gasteiger charge is 2.48. The second-order valence-electron chi connectivity index (χ2n) is 16.3. The van der Waals surface area contributed by atoms with Crippen LogP contribution in [0, 0.1) is 23.4 Å². The highest BCUT2D eigenvalue weighted by atomic mass is 19.3. The van der Waals surface area contributed by atoms with Crippen molar-refractivity contribution in [1.29, 1.82) is 0 Å². The van der Waals surface area contributed by atoms with E-state index >= 15 is 13.2 Å². The van der Waals surface area contributed by atoms with E-state index < -0.39 is 65.6 Å². The summed E-state index contributed by atoms with van der Waals surface area (Å²) in [5.41, 5.74) is 2.72. The highest BCUT2D eigenvalue weighted by Crippen LogP contribution is 2.38. The van der Waals surface area contributed by atoms with Crippen LogP contribution in [0.3, 0.4) is 0 Å². The third-order valence-corrected chi connectivity index (χ3v) is 11.8. The van der Waals surface area contributed by atoms with Crippen molar-refractivity contribution in [3.05, 3.63) is 53.5 Å². The Bertz CT molecular complexity index is 2200. The molecule has 4 N–H and O–H groups in total. The van der Waals surface area contributed by atoms with E-state index in [-0.39, 0.29) is 58.7 Å². The predicted molar refractivity (Wildman–Crippen MR) is 220 cm³/mol. The van der Waals surface area contributed by atoms with Crippen molar-refractivity contribution in [2.75, 3.05) is 91.8 Å². The van der Waals surface area contributed by atoms with E-state index in [1.807, 2.05) is 0 Å². The number of nitrogens with zero attached hydrogens (tertiary/aromatic N) is 7. The van der Waals surface area contributed by atoms with Crippen LogP contribution >= 0.6 is 0 Å². The number of fused-ring (bicyclic) bond motifs is 1. The van der Waals surface area contributed by atoms with Crippen LogP contribution in [0.2, 0.25) is 0 Å². The molecule has 1 atom stereocenters. The first-order valence-electron chi connectivity index (χ1n) is 20.6. The fraction of sp³-hybridized carbons (Fsp3) is 0.512. The summed E-state index contributed by atoms with van der Waals surface area (Å²) in [5.74, 6) is -8.33. The van der Waals surface area contributed by atoms with Crippen LogP contribution in [-0.4, -0.2) is 128 Å². The number of rotatable bonds is 12. The van der Waals surface area contributed by atoms with Gasteiger partial charge in [-0.3, -0.25) is 34.8 Å². The van der Waals surface area contributed by atoms with Gasteiger partial charge in [-0.1, -0.05) is 0 Å². The topological polar surface area (TPSA) is 168 Å². The molecule has 0 spiro atoms. The van der Waals surface area contributed by atoms with Crippen LogP contribution in [0.1, 0.15) is 56.3 Å². The van der Waals surface area contributed by atoms with Gasteiger partial charge in [-0.25, -0.2) is 23.2 Å².